The zero-order valence-electron chi connectivity index (χ0n) is 12.6. The first kappa shape index (κ1) is 15.8. The number of ether oxygens (including phenoxy) is 1. The molecule has 1 amide bonds. The van der Waals surface area contributed by atoms with Crippen molar-refractivity contribution in [1.82, 2.24) is 9.88 Å². The first-order valence-electron chi connectivity index (χ1n) is 7.50. The summed E-state index contributed by atoms with van der Waals surface area (Å²) in [7, 11) is 0. The van der Waals surface area contributed by atoms with E-state index < -0.39 is 0 Å². The molecular weight excluding hydrogens is 314 g/mol. The summed E-state index contributed by atoms with van der Waals surface area (Å²) in [5.41, 5.74) is 7.15. The zero-order chi connectivity index (χ0) is 16.2. The van der Waals surface area contributed by atoms with Gasteiger partial charge in [-0.25, -0.2) is 0 Å². The highest BCUT2D eigenvalue weighted by atomic mass is 35.5. The molecule has 1 aliphatic heterocycles. The normalized spacial score (nSPS) is 14.4. The largest absolute Gasteiger partial charge is 0.491 e. The highest BCUT2D eigenvalue weighted by Crippen LogP contribution is 2.31. The van der Waals surface area contributed by atoms with E-state index in [9.17, 15) is 4.79 Å². The van der Waals surface area contributed by atoms with Crippen LogP contribution in [0.2, 0.25) is 5.02 Å². The monoisotopic (exact) mass is 331 g/mol. The highest BCUT2D eigenvalue weighted by Gasteiger charge is 2.33. The Balaban J connectivity index is 1.71. The van der Waals surface area contributed by atoms with Crippen molar-refractivity contribution in [3.05, 3.63) is 58.9 Å². The average Bonchev–Trinajstić information content (AvgIpc) is 2.53. The smallest absolute Gasteiger partial charge is 0.257 e. The number of likely N-dealkylation sites (tertiary alicyclic amines) is 1. The number of benzene rings is 1. The van der Waals surface area contributed by atoms with Gasteiger partial charge in [-0.05, 0) is 35.9 Å². The van der Waals surface area contributed by atoms with E-state index in [-0.39, 0.29) is 5.91 Å². The van der Waals surface area contributed by atoms with Gasteiger partial charge in [0.25, 0.3) is 5.91 Å². The number of nitrogens with two attached hydrogens (primary N) is 1. The van der Waals surface area contributed by atoms with Crippen molar-refractivity contribution in [3.8, 4) is 5.75 Å². The molecule has 0 atom stereocenters. The summed E-state index contributed by atoms with van der Waals surface area (Å²) in [4.78, 5) is 18.5. The lowest BCUT2D eigenvalue weighted by atomic mass is 9.91. The van der Waals surface area contributed by atoms with Crippen LogP contribution >= 0.6 is 11.6 Å². The molecule has 0 radical (unpaired) electrons. The highest BCUT2D eigenvalue weighted by molar-refractivity contribution is 6.31. The number of carbonyl (C=O) groups is 1. The maximum absolute atomic E-state index is 12.7. The molecule has 2 aromatic rings. The van der Waals surface area contributed by atoms with Crippen molar-refractivity contribution in [2.75, 3.05) is 26.2 Å². The minimum atomic E-state index is -0.0650. The molecule has 2 heterocycles. The first-order chi connectivity index (χ1) is 11.2. The van der Waals surface area contributed by atoms with Gasteiger partial charge in [-0.15, -0.1) is 0 Å². The molecule has 3 rings (SSSR count). The van der Waals surface area contributed by atoms with Gasteiger partial charge in [0.1, 0.15) is 12.4 Å². The van der Waals surface area contributed by atoms with Crippen LogP contribution in [0.25, 0.3) is 0 Å². The molecule has 6 heteroatoms. The maximum atomic E-state index is 12.7. The van der Waals surface area contributed by atoms with Gasteiger partial charge in [0, 0.05) is 43.0 Å². The Kier molecular flexibility index (Phi) is 4.79. The fraction of sp³-hybridized carbons (Fsp3) is 0.294. The number of halogens is 1. The zero-order valence-corrected chi connectivity index (χ0v) is 13.4. The van der Waals surface area contributed by atoms with Gasteiger partial charge < -0.3 is 15.4 Å². The van der Waals surface area contributed by atoms with E-state index in [0.717, 1.165) is 0 Å². The molecule has 0 aliphatic carbocycles. The summed E-state index contributed by atoms with van der Waals surface area (Å²) in [5.74, 6) is 0.816. The van der Waals surface area contributed by atoms with Crippen LogP contribution in [0.1, 0.15) is 21.8 Å². The van der Waals surface area contributed by atoms with Crippen molar-refractivity contribution < 1.29 is 9.53 Å². The predicted octanol–water partition coefficient (Wildman–Crippen LogP) is 2.31. The second kappa shape index (κ2) is 6.98. The molecule has 0 spiro atoms. The number of pyridine rings is 1. The van der Waals surface area contributed by atoms with Crippen LogP contribution in [0, 0.1) is 0 Å². The third-order valence-electron chi connectivity index (χ3n) is 3.89. The minimum Gasteiger partial charge on any atom is -0.491 e. The predicted molar refractivity (Wildman–Crippen MR) is 88.9 cm³/mol. The maximum Gasteiger partial charge on any atom is 0.257 e. The van der Waals surface area contributed by atoms with Crippen LogP contribution in [0.5, 0.6) is 5.75 Å². The van der Waals surface area contributed by atoms with Gasteiger partial charge in [-0.1, -0.05) is 11.6 Å². The lowest BCUT2D eigenvalue weighted by molar-refractivity contribution is 0.0598. The van der Waals surface area contributed by atoms with Crippen molar-refractivity contribution in [3.63, 3.8) is 0 Å². The second-order valence-corrected chi connectivity index (χ2v) is 5.90. The van der Waals surface area contributed by atoms with Crippen LogP contribution in [-0.4, -0.2) is 42.0 Å². The van der Waals surface area contributed by atoms with E-state index >= 15 is 0 Å². The molecule has 1 aliphatic rings. The Labute approximate surface area is 140 Å². The van der Waals surface area contributed by atoms with Gasteiger partial charge in [0.15, 0.2) is 0 Å². The van der Waals surface area contributed by atoms with Crippen molar-refractivity contribution in [2.45, 2.75) is 5.92 Å². The van der Waals surface area contributed by atoms with Gasteiger partial charge >= 0.3 is 0 Å². The molecular formula is C17H18ClN3O2. The SMILES string of the molecule is NCCOc1ccc(Cl)cc1C(=O)N1CC(c2ccncc2)C1. The van der Waals surface area contributed by atoms with E-state index in [1.165, 1.54) is 5.56 Å². The number of carbonyl (C=O) groups excluding carboxylic acids is 1. The fourth-order valence-electron chi connectivity index (χ4n) is 2.63. The van der Waals surface area contributed by atoms with Crippen molar-refractivity contribution in [1.29, 1.82) is 0 Å². The molecule has 1 aromatic heterocycles. The Morgan fingerprint density at radius 1 is 1.30 bits per heavy atom. The summed E-state index contributed by atoms with van der Waals surface area (Å²) in [6.07, 6.45) is 3.55. The lowest BCUT2D eigenvalue weighted by Gasteiger charge is -2.39. The Bertz CT molecular complexity index is 687. The lowest BCUT2D eigenvalue weighted by Crippen LogP contribution is -2.48. The number of nitrogens with zero attached hydrogens (tertiary/aromatic N) is 2. The van der Waals surface area contributed by atoms with Crippen LogP contribution in [-0.2, 0) is 0 Å². The molecule has 2 N–H and O–H groups in total. The minimum absolute atomic E-state index is 0.0650. The van der Waals surface area contributed by atoms with Crippen molar-refractivity contribution >= 4 is 17.5 Å². The summed E-state index contributed by atoms with van der Waals surface area (Å²) >= 11 is 6.03. The van der Waals surface area contributed by atoms with Crippen LogP contribution in [0.4, 0.5) is 0 Å². The van der Waals surface area contributed by atoms with Crippen LogP contribution < -0.4 is 10.5 Å². The summed E-state index contributed by atoms with van der Waals surface area (Å²) < 4.78 is 5.55. The molecule has 1 aromatic carbocycles. The molecule has 0 unspecified atom stereocenters. The number of amides is 1. The number of hydrogen-bond donors (Lipinski definition) is 1. The first-order valence-corrected chi connectivity index (χ1v) is 7.88. The molecule has 120 valence electrons. The molecule has 1 fully saturated rings. The molecule has 23 heavy (non-hydrogen) atoms. The van der Waals surface area contributed by atoms with Gasteiger partial charge in [-0.3, -0.25) is 9.78 Å². The van der Waals surface area contributed by atoms with Gasteiger partial charge in [0.2, 0.25) is 0 Å². The Morgan fingerprint density at radius 3 is 2.74 bits per heavy atom. The summed E-state index contributed by atoms with van der Waals surface area (Å²) in [5, 5.41) is 0.514. The quantitative estimate of drug-likeness (QED) is 0.913. The summed E-state index contributed by atoms with van der Waals surface area (Å²) in [6, 6.07) is 9.05. The van der Waals surface area contributed by atoms with E-state index in [1.807, 2.05) is 12.1 Å². The van der Waals surface area contributed by atoms with Gasteiger partial charge in [0.05, 0.1) is 5.56 Å². The Hall–Kier alpha value is -2.11. The van der Waals surface area contributed by atoms with Crippen LogP contribution in [0.15, 0.2) is 42.7 Å². The van der Waals surface area contributed by atoms with E-state index in [1.54, 1.807) is 35.5 Å². The molecule has 0 saturated carbocycles. The van der Waals surface area contributed by atoms with E-state index in [0.29, 0.717) is 48.5 Å². The molecule has 0 bridgehead atoms. The average molecular weight is 332 g/mol. The Morgan fingerprint density at radius 2 is 2.04 bits per heavy atom. The number of aromatic nitrogens is 1. The third kappa shape index (κ3) is 3.46. The molecule has 1 saturated heterocycles. The van der Waals surface area contributed by atoms with E-state index in [2.05, 4.69) is 4.98 Å². The third-order valence-corrected chi connectivity index (χ3v) is 4.13. The standard InChI is InChI=1S/C17H18ClN3O2/c18-14-1-2-16(23-8-5-19)15(9-14)17(22)21-10-13(11-21)12-3-6-20-7-4-12/h1-4,6-7,9,13H,5,8,10-11,19H2. The summed E-state index contributed by atoms with van der Waals surface area (Å²) in [6.45, 7) is 2.13. The van der Waals surface area contributed by atoms with Gasteiger partial charge in [-0.2, -0.15) is 0 Å². The second-order valence-electron chi connectivity index (χ2n) is 5.47. The number of rotatable bonds is 5. The fourth-order valence-corrected chi connectivity index (χ4v) is 2.80. The van der Waals surface area contributed by atoms with E-state index in [4.69, 9.17) is 22.1 Å². The topological polar surface area (TPSA) is 68.5 Å². The number of hydrogen-bond acceptors (Lipinski definition) is 4. The molecule has 5 nitrogen and oxygen atoms in total. The van der Waals surface area contributed by atoms with Crippen molar-refractivity contribution in [2.24, 2.45) is 5.73 Å². The van der Waals surface area contributed by atoms with Crippen LogP contribution in [0.3, 0.4) is 0 Å².